The molecule has 0 spiro atoms. The number of aryl methyl sites for hydroxylation is 1. The number of nitrogens with one attached hydrogen (secondary N) is 2. The number of carboxylic acids is 1. The molecule has 0 saturated carbocycles. The van der Waals surface area contributed by atoms with Crippen molar-refractivity contribution in [3.63, 3.8) is 0 Å². The summed E-state index contributed by atoms with van der Waals surface area (Å²) in [5.74, 6) is -0.716. The van der Waals surface area contributed by atoms with Crippen LogP contribution in [0.2, 0.25) is 0 Å². The van der Waals surface area contributed by atoms with Crippen molar-refractivity contribution >= 4 is 17.9 Å². The number of urea groups is 1. The molecule has 1 rings (SSSR count). The first-order valence-electron chi connectivity index (χ1n) is 6.43. The van der Waals surface area contributed by atoms with E-state index in [2.05, 4.69) is 10.6 Å². The van der Waals surface area contributed by atoms with Crippen LogP contribution in [-0.4, -0.2) is 48.1 Å². The lowest BCUT2D eigenvalue weighted by molar-refractivity contribution is -0.121. The van der Waals surface area contributed by atoms with E-state index in [0.717, 1.165) is 0 Å². The summed E-state index contributed by atoms with van der Waals surface area (Å²) in [6.07, 6.45) is 0. The number of rotatable bonds is 6. The fourth-order valence-electron chi connectivity index (χ4n) is 1.68. The van der Waals surface area contributed by atoms with Gasteiger partial charge in [-0.15, -0.1) is 0 Å². The van der Waals surface area contributed by atoms with Crippen molar-refractivity contribution in [1.82, 2.24) is 15.5 Å². The SMILES string of the molecule is CCNC(=O)CN(C)C(=O)NCc1cc(C(=O)O)c(C)o1. The van der Waals surface area contributed by atoms with Gasteiger partial charge in [0.05, 0.1) is 6.54 Å². The van der Waals surface area contributed by atoms with Crippen LogP contribution in [0.4, 0.5) is 4.79 Å². The Balaban J connectivity index is 2.51. The molecule has 0 bridgehead atoms. The highest BCUT2D eigenvalue weighted by molar-refractivity contribution is 5.88. The Bertz CT molecular complexity index is 538. The summed E-state index contributed by atoms with van der Waals surface area (Å²) in [4.78, 5) is 35.2. The van der Waals surface area contributed by atoms with Gasteiger partial charge in [0.2, 0.25) is 5.91 Å². The first-order valence-corrected chi connectivity index (χ1v) is 6.43. The molecule has 116 valence electrons. The van der Waals surface area contributed by atoms with Crippen LogP contribution in [-0.2, 0) is 11.3 Å². The Morgan fingerprint density at radius 3 is 2.52 bits per heavy atom. The quantitative estimate of drug-likeness (QED) is 0.710. The van der Waals surface area contributed by atoms with Gasteiger partial charge in [-0.2, -0.15) is 0 Å². The van der Waals surface area contributed by atoms with Crippen LogP contribution in [0.3, 0.4) is 0 Å². The standard InChI is InChI=1S/C13H19N3O5/c1-4-14-11(17)7-16(3)13(20)15-6-9-5-10(12(18)19)8(2)21-9/h5H,4,6-7H2,1-3H3,(H,14,17)(H,15,20)(H,18,19). The predicted molar refractivity (Wildman–Crippen MR) is 74.0 cm³/mol. The molecular formula is C13H19N3O5. The van der Waals surface area contributed by atoms with E-state index in [9.17, 15) is 14.4 Å². The Morgan fingerprint density at radius 1 is 1.33 bits per heavy atom. The van der Waals surface area contributed by atoms with Gasteiger partial charge in [0, 0.05) is 13.6 Å². The van der Waals surface area contributed by atoms with Crippen LogP contribution in [0, 0.1) is 6.92 Å². The minimum absolute atomic E-state index is 0.0483. The van der Waals surface area contributed by atoms with Gasteiger partial charge in [0.15, 0.2) is 0 Å². The van der Waals surface area contributed by atoms with Gasteiger partial charge >= 0.3 is 12.0 Å². The number of aromatic carboxylic acids is 1. The maximum atomic E-state index is 11.8. The number of furan rings is 1. The Morgan fingerprint density at radius 2 is 2.00 bits per heavy atom. The predicted octanol–water partition coefficient (Wildman–Crippen LogP) is 0.564. The van der Waals surface area contributed by atoms with Crippen molar-refractivity contribution in [2.75, 3.05) is 20.1 Å². The van der Waals surface area contributed by atoms with Gasteiger partial charge in [0.25, 0.3) is 0 Å². The minimum Gasteiger partial charge on any atom is -0.478 e. The molecule has 0 radical (unpaired) electrons. The van der Waals surface area contributed by atoms with Crippen LogP contribution in [0.1, 0.15) is 28.8 Å². The molecule has 21 heavy (non-hydrogen) atoms. The molecule has 0 aliphatic heterocycles. The second kappa shape index (κ2) is 7.32. The Hall–Kier alpha value is -2.51. The third-order valence-electron chi connectivity index (χ3n) is 2.71. The van der Waals surface area contributed by atoms with E-state index in [0.29, 0.717) is 12.3 Å². The second-order valence-electron chi connectivity index (χ2n) is 4.46. The van der Waals surface area contributed by atoms with E-state index < -0.39 is 12.0 Å². The van der Waals surface area contributed by atoms with E-state index in [1.807, 2.05) is 0 Å². The first-order chi connectivity index (χ1) is 9.85. The number of nitrogens with zero attached hydrogens (tertiary/aromatic N) is 1. The maximum Gasteiger partial charge on any atom is 0.339 e. The molecule has 0 atom stereocenters. The average molecular weight is 297 g/mol. The minimum atomic E-state index is -1.08. The lowest BCUT2D eigenvalue weighted by Gasteiger charge is -2.16. The zero-order valence-electron chi connectivity index (χ0n) is 12.2. The Kier molecular flexibility index (Phi) is 5.77. The fraction of sp³-hybridized carbons (Fsp3) is 0.462. The Labute approximate surface area is 122 Å². The van der Waals surface area contributed by atoms with E-state index in [4.69, 9.17) is 9.52 Å². The van der Waals surface area contributed by atoms with Gasteiger partial charge in [-0.1, -0.05) is 0 Å². The molecule has 3 amide bonds. The summed E-state index contributed by atoms with van der Waals surface area (Å²) >= 11 is 0. The van der Waals surface area contributed by atoms with Crippen LogP contribution >= 0.6 is 0 Å². The highest BCUT2D eigenvalue weighted by Gasteiger charge is 2.16. The van der Waals surface area contributed by atoms with Crippen LogP contribution < -0.4 is 10.6 Å². The van der Waals surface area contributed by atoms with Crippen molar-refractivity contribution in [2.45, 2.75) is 20.4 Å². The normalized spacial score (nSPS) is 10.0. The molecular weight excluding hydrogens is 278 g/mol. The highest BCUT2D eigenvalue weighted by Crippen LogP contribution is 2.14. The molecule has 0 fully saturated rings. The van der Waals surface area contributed by atoms with Crippen LogP contribution in [0.25, 0.3) is 0 Å². The molecule has 8 nitrogen and oxygen atoms in total. The second-order valence-corrected chi connectivity index (χ2v) is 4.46. The van der Waals surface area contributed by atoms with Crippen molar-refractivity contribution < 1.29 is 23.9 Å². The van der Waals surface area contributed by atoms with Gasteiger partial charge in [0.1, 0.15) is 23.6 Å². The number of likely N-dealkylation sites (N-methyl/N-ethyl adjacent to an activating group) is 2. The number of hydrogen-bond acceptors (Lipinski definition) is 4. The average Bonchev–Trinajstić information content (AvgIpc) is 2.77. The van der Waals surface area contributed by atoms with Gasteiger partial charge < -0.3 is 25.1 Å². The molecule has 3 N–H and O–H groups in total. The first kappa shape index (κ1) is 16.5. The topological polar surface area (TPSA) is 112 Å². The summed E-state index contributed by atoms with van der Waals surface area (Å²) in [5, 5.41) is 14.0. The van der Waals surface area contributed by atoms with Crippen molar-refractivity contribution in [1.29, 1.82) is 0 Å². The summed E-state index contributed by atoms with van der Waals surface area (Å²) in [6, 6.07) is 0.911. The van der Waals surface area contributed by atoms with E-state index >= 15 is 0 Å². The maximum absolute atomic E-state index is 11.8. The monoisotopic (exact) mass is 297 g/mol. The fourth-order valence-corrected chi connectivity index (χ4v) is 1.68. The number of carboxylic acid groups (broad SMARTS) is 1. The molecule has 0 aliphatic carbocycles. The van der Waals surface area contributed by atoms with Crippen molar-refractivity contribution in [2.24, 2.45) is 0 Å². The number of carbonyl (C=O) groups excluding carboxylic acids is 2. The zero-order chi connectivity index (χ0) is 16.0. The summed E-state index contributed by atoms with van der Waals surface area (Å²) < 4.78 is 5.23. The third-order valence-corrected chi connectivity index (χ3v) is 2.71. The molecule has 0 unspecified atom stereocenters. The molecule has 0 aromatic carbocycles. The van der Waals surface area contributed by atoms with E-state index in [1.54, 1.807) is 6.92 Å². The van der Waals surface area contributed by atoms with Gasteiger partial charge in [-0.25, -0.2) is 9.59 Å². The van der Waals surface area contributed by atoms with Crippen molar-refractivity contribution in [3.8, 4) is 0 Å². The highest BCUT2D eigenvalue weighted by atomic mass is 16.4. The molecule has 1 heterocycles. The van der Waals surface area contributed by atoms with Crippen LogP contribution in [0.5, 0.6) is 0 Å². The summed E-state index contributed by atoms with van der Waals surface area (Å²) in [6.45, 7) is 3.81. The zero-order valence-corrected chi connectivity index (χ0v) is 12.2. The third kappa shape index (κ3) is 4.83. The molecule has 0 saturated heterocycles. The molecule has 1 aromatic rings. The molecule has 1 aromatic heterocycles. The number of hydrogen-bond donors (Lipinski definition) is 3. The van der Waals surface area contributed by atoms with Gasteiger partial charge in [-0.05, 0) is 19.9 Å². The largest absolute Gasteiger partial charge is 0.478 e. The molecule has 8 heteroatoms. The van der Waals surface area contributed by atoms with Crippen LogP contribution in [0.15, 0.2) is 10.5 Å². The molecule has 0 aliphatic rings. The van der Waals surface area contributed by atoms with Gasteiger partial charge in [-0.3, -0.25) is 4.79 Å². The lowest BCUT2D eigenvalue weighted by atomic mass is 10.2. The summed E-state index contributed by atoms with van der Waals surface area (Å²) in [7, 11) is 1.49. The summed E-state index contributed by atoms with van der Waals surface area (Å²) in [5.41, 5.74) is 0.0647. The number of amides is 3. The lowest BCUT2D eigenvalue weighted by Crippen LogP contribution is -2.43. The van der Waals surface area contributed by atoms with E-state index in [-0.39, 0.29) is 30.3 Å². The smallest absolute Gasteiger partial charge is 0.339 e. The van der Waals surface area contributed by atoms with E-state index in [1.165, 1.54) is 24.9 Å². The van der Waals surface area contributed by atoms with Crippen molar-refractivity contribution in [3.05, 3.63) is 23.2 Å². The number of carbonyl (C=O) groups is 3.